The lowest BCUT2D eigenvalue weighted by atomic mass is 10.1. The molecule has 6 heteroatoms. The summed E-state index contributed by atoms with van der Waals surface area (Å²) in [4.78, 5) is 12.5. The van der Waals surface area contributed by atoms with Gasteiger partial charge in [-0.1, -0.05) is 26.7 Å². The van der Waals surface area contributed by atoms with Gasteiger partial charge in [-0.2, -0.15) is 13.2 Å². The topological polar surface area (TPSA) is 46.3 Å². The highest BCUT2D eigenvalue weighted by atomic mass is 19.4. The van der Waals surface area contributed by atoms with Crippen molar-refractivity contribution in [3.05, 3.63) is 0 Å². The number of halogens is 3. The molecule has 0 aliphatic carbocycles. The molecule has 0 saturated carbocycles. The van der Waals surface area contributed by atoms with E-state index in [2.05, 4.69) is 0 Å². The molecule has 0 unspecified atom stereocenters. The number of carbonyl (C=O) groups excluding carboxylic acids is 1. The summed E-state index contributed by atoms with van der Waals surface area (Å²) in [7, 11) is 0. The Kier molecular flexibility index (Phi) is 7.18. The molecule has 0 spiro atoms. The van der Waals surface area contributed by atoms with Gasteiger partial charge in [0.15, 0.2) is 0 Å². The summed E-state index contributed by atoms with van der Waals surface area (Å²) in [5.74, 6) is -0.599. The van der Waals surface area contributed by atoms with Crippen LogP contribution in [-0.2, 0) is 4.79 Å². The van der Waals surface area contributed by atoms with Gasteiger partial charge in [0.25, 0.3) is 0 Å². The molecule has 0 rings (SSSR count). The van der Waals surface area contributed by atoms with Gasteiger partial charge in [0.2, 0.25) is 5.91 Å². The second-order valence-electron chi connectivity index (χ2n) is 4.12. The van der Waals surface area contributed by atoms with Gasteiger partial charge in [0.05, 0.1) is 6.04 Å². The smallest absolute Gasteiger partial charge is 0.332 e. The van der Waals surface area contributed by atoms with Crippen LogP contribution in [0.3, 0.4) is 0 Å². The molecule has 0 heterocycles. The Morgan fingerprint density at radius 2 is 1.88 bits per heavy atom. The molecule has 2 N–H and O–H groups in total. The van der Waals surface area contributed by atoms with E-state index in [4.69, 9.17) is 5.73 Å². The molecule has 0 aliphatic rings. The molecule has 0 saturated heterocycles. The van der Waals surface area contributed by atoms with Crippen LogP contribution in [0.25, 0.3) is 0 Å². The van der Waals surface area contributed by atoms with E-state index in [0.717, 1.165) is 11.3 Å². The summed E-state index contributed by atoms with van der Waals surface area (Å²) >= 11 is 0. The lowest BCUT2D eigenvalue weighted by molar-refractivity contribution is -0.162. The van der Waals surface area contributed by atoms with Crippen molar-refractivity contribution in [2.45, 2.75) is 51.7 Å². The molecular formula is C11H21F3N2O. The van der Waals surface area contributed by atoms with Crippen LogP contribution in [-0.4, -0.2) is 36.1 Å². The van der Waals surface area contributed by atoms with Gasteiger partial charge in [-0.15, -0.1) is 0 Å². The highest BCUT2D eigenvalue weighted by molar-refractivity contribution is 5.81. The standard InChI is InChI=1S/C11H21F3N2O/c1-3-5-7-16(8-11(12,13)14)10(17)9(15)6-4-2/h9H,3-8,15H2,1-2H3/t9-/m0/s1. The van der Waals surface area contributed by atoms with Crippen LogP contribution in [0, 0.1) is 0 Å². The summed E-state index contributed by atoms with van der Waals surface area (Å²) in [6.07, 6.45) is -1.97. The summed E-state index contributed by atoms with van der Waals surface area (Å²) in [5.41, 5.74) is 5.56. The minimum absolute atomic E-state index is 0.117. The maximum Gasteiger partial charge on any atom is 0.406 e. The number of nitrogens with zero attached hydrogens (tertiary/aromatic N) is 1. The van der Waals surface area contributed by atoms with Gasteiger partial charge in [0.1, 0.15) is 6.54 Å². The first-order chi connectivity index (χ1) is 7.81. The van der Waals surface area contributed by atoms with E-state index in [0.29, 0.717) is 19.3 Å². The van der Waals surface area contributed by atoms with E-state index in [9.17, 15) is 18.0 Å². The third-order valence-electron chi connectivity index (χ3n) is 2.38. The van der Waals surface area contributed by atoms with Crippen LogP contribution in [0.1, 0.15) is 39.5 Å². The molecule has 0 aromatic heterocycles. The fourth-order valence-corrected chi connectivity index (χ4v) is 1.50. The highest BCUT2D eigenvalue weighted by Gasteiger charge is 2.33. The first kappa shape index (κ1) is 16.2. The zero-order valence-corrected chi connectivity index (χ0v) is 10.4. The van der Waals surface area contributed by atoms with Crippen molar-refractivity contribution < 1.29 is 18.0 Å². The van der Waals surface area contributed by atoms with E-state index in [1.54, 1.807) is 0 Å². The zero-order valence-electron chi connectivity index (χ0n) is 10.4. The number of nitrogens with two attached hydrogens (primary N) is 1. The average Bonchev–Trinajstić information content (AvgIpc) is 2.22. The van der Waals surface area contributed by atoms with Crippen LogP contribution in [0.4, 0.5) is 13.2 Å². The van der Waals surface area contributed by atoms with E-state index in [1.807, 2.05) is 13.8 Å². The second-order valence-corrected chi connectivity index (χ2v) is 4.12. The molecular weight excluding hydrogens is 233 g/mol. The predicted octanol–water partition coefficient (Wildman–Crippen LogP) is 2.30. The minimum atomic E-state index is -4.37. The number of hydrogen-bond acceptors (Lipinski definition) is 2. The van der Waals surface area contributed by atoms with Crippen LogP contribution >= 0.6 is 0 Å². The van der Waals surface area contributed by atoms with Crippen molar-refractivity contribution in [3.63, 3.8) is 0 Å². The Labute approximate surface area is 100 Å². The lowest BCUT2D eigenvalue weighted by Gasteiger charge is -2.26. The fraction of sp³-hybridized carbons (Fsp3) is 0.909. The van der Waals surface area contributed by atoms with Gasteiger partial charge in [-0.05, 0) is 12.8 Å². The summed E-state index contributed by atoms with van der Waals surface area (Å²) in [6, 6.07) is -0.820. The quantitative estimate of drug-likeness (QED) is 0.757. The Hall–Kier alpha value is -0.780. The van der Waals surface area contributed by atoms with Gasteiger partial charge >= 0.3 is 6.18 Å². The predicted molar refractivity (Wildman–Crippen MR) is 60.4 cm³/mol. The molecule has 17 heavy (non-hydrogen) atoms. The first-order valence-electron chi connectivity index (χ1n) is 5.93. The number of hydrogen-bond donors (Lipinski definition) is 1. The van der Waals surface area contributed by atoms with Crippen molar-refractivity contribution in [2.24, 2.45) is 5.73 Å². The molecule has 0 aromatic carbocycles. The van der Waals surface area contributed by atoms with E-state index < -0.39 is 24.7 Å². The van der Waals surface area contributed by atoms with Gasteiger partial charge < -0.3 is 10.6 Å². The Balaban J connectivity index is 4.49. The largest absolute Gasteiger partial charge is 0.406 e. The van der Waals surface area contributed by atoms with Crippen molar-refractivity contribution in [3.8, 4) is 0 Å². The highest BCUT2D eigenvalue weighted by Crippen LogP contribution is 2.17. The maximum absolute atomic E-state index is 12.3. The first-order valence-corrected chi connectivity index (χ1v) is 5.93. The van der Waals surface area contributed by atoms with E-state index >= 15 is 0 Å². The average molecular weight is 254 g/mol. The summed E-state index contributed by atoms with van der Waals surface area (Å²) < 4.78 is 36.9. The van der Waals surface area contributed by atoms with Gasteiger partial charge in [-0.3, -0.25) is 4.79 Å². The Bertz CT molecular complexity index is 231. The Morgan fingerprint density at radius 3 is 2.29 bits per heavy atom. The van der Waals surface area contributed by atoms with Crippen LogP contribution in [0.5, 0.6) is 0 Å². The van der Waals surface area contributed by atoms with Crippen molar-refractivity contribution in [1.82, 2.24) is 4.90 Å². The fourth-order valence-electron chi connectivity index (χ4n) is 1.50. The summed E-state index contributed by atoms with van der Waals surface area (Å²) in [6.45, 7) is 2.62. The SMILES string of the molecule is CCCCN(CC(F)(F)F)C(=O)[C@@H](N)CCC. The van der Waals surface area contributed by atoms with Gasteiger partial charge in [0, 0.05) is 6.54 Å². The molecule has 0 bridgehead atoms. The number of alkyl halides is 3. The summed E-state index contributed by atoms with van der Waals surface area (Å²) in [5, 5.41) is 0. The van der Waals surface area contributed by atoms with E-state index in [-0.39, 0.29) is 6.54 Å². The lowest BCUT2D eigenvalue weighted by Crippen LogP contribution is -2.47. The normalized spacial score (nSPS) is 13.5. The number of unbranched alkanes of at least 4 members (excludes halogenated alkanes) is 1. The van der Waals surface area contributed by atoms with E-state index in [1.165, 1.54) is 0 Å². The van der Waals surface area contributed by atoms with Gasteiger partial charge in [-0.25, -0.2) is 0 Å². The van der Waals surface area contributed by atoms with Crippen LogP contribution < -0.4 is 5.73 Å². The molecule has 0 aliphatic heterocycles. The van der Waals surface area contributed by atoms with Crippen molar-refractivity contribution in [1.29, 1.82) is 0 Å². The molecule has 0 fully saturated rings. The minimum Gasteiger partial charge on any atom is -0.332 e. The maximum atomic E-state index is 12.3. The monoisotopic (exact) mass is 254 g/mol. The molecule has 102 valence electrons. The zero-order chi connectivity index (χ0) is 13.5. The third kappa shape index (κ3) is 7.20. The van der Waals surface area contributed by atoms with Crippen molar-refractivity contribution >= 4 is 5.91 Å². The number of amides is 1. The molecule has 1 atom stereocenters. The molecule has 0 radical (unpaired) electrons. The van der Waals surface area contributed by atoms with Crippen molar-refractivity contribution in [2.75, 3.05) is 13.1 Å². The number of rotatable bonds is 7. The third-order valence-corrected chi connectivity index (χ3v) is 2.38. The molecule has 1 amide bonds. The molecule has 0 aromatic rings. The number of carbonyl (C=O) groups is 1. The Morgan fingerprint density at radius 1 is 1.29 bits per heavy atom. The van der Waals surface area contributed by atoms with Crippen LogP contribution in [0.2, 0.25) is 0 Å². The van der Waals surface area contributed by atoms with Crippen LogP contribution in [0.15, 0.2) is 0 Å². The molecule has 3 nitrogen and oxygen atoms in total. The second kappa shape index (κ2) is 7.53.